The van der Waals surface area contributed by atoms with E-state index in [-0.39, 0.29) is 5.91 Å². The Hall–Kier alpha value is -1.66. The van der Waals surface area contributed by atoms with Crippen molar-refractivity contribution in [3.63, 3.8) is 0 Å². The highest BCUT2D eigenvalue weighted by molar-refractivity contribution is 9.10. The largest absolute Gasteiger partial charge is 0.550 e. The van der Waals surface area contributed by atoms with Crippen LogP contribution in [0.5, 0.6) is 0 Å². The van der Waals surface area contributed by atoms with Gasteiger partial charge in [-0.3, -0.25) is 4.79 Å². The predicted molar refractivity (Wildman–Crippen MR) is 77.3 cm³/mol. The lowest BCUT2D eigenvalue weighted by molar-refractivity contribution is -0.313. The van der Waals surface area contributed by atoms with E-state index in [1.165, 1.54) is 0 Å². The van der Waals surface area contributed by atoms with Crippen LogP contribution in [0.2, 0.25) is 0 Å². The Morgan fingerprint density at radius 3 is 2.52 bits per heavy atom. The topological polar surface area (TPSA) is 78.5 Å². The average Bonchev–Trinajstić information content (AvgIpc) is 3.02. The van der Waals surface area contributed by atoms with Crippen LogP contribution in [0.25, 0.3) is 0 Å². The molecule has 110 valence electrons. The normalized spacial score (nSPS) is 29.6. The second-order valence-corrected chi connectivity index (χ2v) is 6.15. The van der Waals surface area contributed by atoms with Gasteiger partial charge in [0.1, 0.15) is 0 Å². The molecule has 1 aromatic carbocycles. The number of hydrogen-bond acceptors (Lipinski definition) is 4. The van der Waals surface area contributed by atoms with Crippen molar-refractivity contribution in [3.8, 4) is 0 Å². The Kier molecular flexibility index (Phi) is 3.59. The van der Waals surface area contributed by atoms with E-state index in [1.807, 2.05) is 19.1 Å². The molecule has 2 aliphatic heterocycles. The summed E-state index contributed by atoms with van der Waals surface area (Å²) in [6.45, 7) is 1.94. The van der Waals surface area contributed by atoms with Gasteiger partial charge < -0.3 is 20.0 Å². The molecule has 0 saturated carbocycles. The highest BCUT2D eigenvalue weighted by atomic mass is 79.9. The van der Waals surface area contributed by atoms with Crippen LogP contribution >= 0.6 is 15.9 Å². The number of carbonyl (C=O) groups is 2. The van der Waals surface area contributed by atoms with Gasteiger partial charge in [0, 0.05) is 16.4 Å². The molecule has 4 atom stereocenters. The summed E-state index contributed by atoms with van der Waals surface area (Å²) in [6, 6.07) is 5.52. The van der Waals surface area contributed by atoms with Gasteiger partial charge in [-0.05, 0) is 40.5 Å². The number of amides is 1. The zero-order valence-corrected chi connectivity index (χ0v) is 12.8. The molecule has 3 rings (SSSR count). The number of nitrogens with one attached hydrogen (secondary N) is 1. The van der Waals surface area contributed by atoms with E-state index < -0.39 is 30.0 Å². The summed E-state index contributed by atoms with van der Waals surface area (Å²) in [7, 11) is 0. The Bertz CT molecular complexity index is 643. The van der Waals surface area contributed by atoms with Gasteiger partial charge in [-0.1, -0.05) is 18.2 Å². The minimum Gasteiger partial charge on any atom is -0.550 e. The van der Waals surface area contributed by atoms with Crippen molar-refractivity contribution in [3.05, 3.63) is 40.4 Å². The summed E-state index contributed by atoms with van der Waals surface area (Å²) in [5, 5.41) is 14.0. The summed E-state index contributed by atoms with van der Waals surface area (Å²) in [4.78, 5) is 23.7. The molecule has 1 fully saturated rings. The van der Waals surface area contributed by atoms with Crippen molar-refractivity contribution in [2.24, 2.45) is 11.8 Å². The second-order valence-electron chi connectivity index (χ2n) is 5.29. The fourth-order valence-corrected chi connectivity index (χ4v) is 3.43. The molecule has 6 heteroatoms. The number of anilines is 1. The van der Waals surface area contributed by atoms with Crippen LogP contribution in [0.15, 0.2) is 34.8 Å². The van der Waals surface area contributed by atoms with E-state index in [9.17, 15) is 14.7 Å². The van der Waals surface area contributed by atoms with Crippen molar-refractivity contribution in [2.75, 3.05) is 5.32 Å². The molecule has 0 unspecified atom stereocenters. The maximum absolute atomic E-state index is 12.4. The molecule has 1 amide bonds. The number of halogens is 1. The van der Waals surface area contributed by atoms with E-state index in [4.69, 9.17) is 4.74 Å². The van der Waals surface area contributed by atoms with Gasteiger partial charge in [-0.15, -0.1) is 0 Å². The summed E-state index contributed by atoms with van der Waals surface area (Å²) < 4.78 is 6.21. The molecule has 2 bridgehead atoms. The van der Waals surface area contributed by atoms with Crippen LogP contribution in [-0.4, -0.2) is 24.1 Å². The molecule has 5 nitrogen and oxygen atoms in total. The molecule has 0 radical (unpaired) electrons. The Morgan fingerprint density at radius 1 is 1.24 bits per heavy atom. The minimum atomic E-state index is -1.25. The van der Waals surface area contributed by atoms with Gasteiger partial charge in [-0.25, -0.2) is 0 Å². The molecule has 21 heavy (non-hydrogen) atoms. The van der Waals surface area contributed by atoms with E-state index in [0.29, 0.717) is 5.69 Å². The third-order valence-corrected chi connectivity index (χ3v) is 4.51. The standard InChI is InChI=1S/C15H14BrNO4/c1-7-2-3-9(8(16)6-7)17-14(18)12-10-4-5-11(21-10)13(12)15(19)20/h2-6,10-13H,1H3,(H,17,18)(H,19,20)/p-1/t10-,11+,12+,13-/m0/s1. The molecule has 1 aromatic rings. The number of rotatable bonds is 3. The van der Waals surface area contributed by atoms with Gasteiger partial charge in [0.2, 0.25) is 5.91 Å². The van der Waals surface area contributed by atoms with Crippen LogP contribution in [0.3, 0.4) is 0 Å². The monoisotopic (exact) mass is 350 g/mol. The fourth-order valence-electron chi connectivity index (χ4n) is 2.84. The Balaban J connectivity index is 1.82. The SMILES string of the molecule is Cc1ccc(NC(=O)[C@H]2[C@@H](C(=O)[O-])[C@H]3C=C[C@@H]2O3)c(Br)c1. The number of carbonyl (C=O) groups excluding carboxylic acids is 2. The summed E-state index contributed by atoms with van der Waals surface area (Å²) in [5.74, 6) is -3.33. The molecule has 2 heterocycles. The fraction of sp³-hybridized carbons (Fsp3) is 0.333. The number of carboxylic acid groups (broad SMARTS) is 1. The number of benzene rings is 1. The van der Waals surface area contributed by atoms with Crippen LogP contribution in [0, 0.1) is 18.8 Å². The van der Waals surface area contributed by atoms with Gasteiger partial charge >= 0.3 is 0 Å². The first-order valence-electron chi connectivity index (χ1n) is 6.59. The minimum absolute atomic E-state index is 0.370. The number of hydrogen-bond donors (Lipinski definition) is 1. The first-order valence-corrected chi connectivity index (χ1v) is 7.38. The highest BCUT2D eigenvalue weighted by Crippen LogP contribution is 2.39. The first-order chi connectivity index (χ1) is 9.97. The number of aliphatic carboxylic acids is 1. The van der Waals surface area contributed by atoms with Gasteiger partial charge in [0.25, 0.3) is 0 Å². The quantitative estimate of drug-likeness (QED) is 0.825. The van der Waals surface area contributed by atoms with Crippen LogP contribution in [0.4, 0.5) is 5.69 Å². The number of carboxylic acids is 1. The third-order valence-electron chi connectivity index (χ3n) is 3.86. The molecule has 1 saturated heterocycles. The maximum atomic E-state index is 12.4. The molecule has 0 spiro atoms. The van der Waals surface area contributed by atoms with E-state index in [1.54, 1.807) is 18.2 Å². The highest BCUT2D eigenvalue weighted by Gasteiger charge is 2.50. The zero-order chi connectivity index (χ0) is 15.1. The third kappa shape index (κ3) is 2.49. The number of aryl methyl sites for hydroxylation is 1. The number of ether oxygens (including phenoxy) is 1. The van der Waals surface area contributed by atoms with Gasteiger partial charge in [0.05, 0.1) is 23.8 Å². The van der Waals surface area contributed by atoms with E-state index in [2.05, 4.69) is 21.2 Å². The van der Waals surface area contributed by atoms with Crippen LogP contribution in [-0.2, 0) is 14.3 Å². The lowest BCUT2D eigenvalue weighted by atomic mass is 9.82. The van der Waals surface area contributed by atoms with E-state index in [0.717, 1.165) is 10.0 Å². The van der Waals surface area contributed by atoms with E-state index >= 15 is 0 Å². The lowest BCUT2D eigenvalue weighted by Gasteiger charge is -2.25. The summed E-state index contributed by atoms with van der Waals surface area (Å²) in [6.07, 6.45) is 2.34. The van der Waals surface area contributed by atoms with Crippen LogP contribution in [0.1, 0.15) is 5.56 Å². The summed E-state index contributed by atoms with van der Waals surface area (Å²) >= 11 is 3.38. The molecule has 0 aliphatic carbocycles. The number of fused-ring (bicyclic) bond motifs is 2. The van der Waals surface area contributed by atoms with Crippen LogP contribution < -0.4 is 10.4 Å². The van der Waals surface area contributed by atoms with Crippen molar-refractivity contribution in [1.29, 1.82) is 0 Å². The van der Waals surface area contributed by atoms with Gasteiger partial charge in [-0.2, -0.15) is 0 Å². The molecule has 0 aromatic heterocycles. The predicted octanol–water partition coefficient (Wildman–Crippen LogP) is 1.02. The Morgan fingerprint density at radius 2 is 1.90 bits per heavy atom. The van der Waals surface area contributed by atoms with Crippen molar-refractivity contribution in [2.45, 2.75) is 19.1 Å². The van der Waals surface area contributed by atoms with Gasteiger partial charge in [0.15, 0.2) is 0 Å². The van der Waals surface area contributed by atoms with Crippen molar-refractivity contribution < 1.29 is 19.4 Å². The first kappa shape index (κ1) is 14.3. The molecular formula is C15H13BrNO4-. The zero-order valence-electron chi connectivity index (χ0n) is 11.2. The Labute approximate surface area is 130 Å². The lowest BCUT2D eigenvalue weighted by Crippen LogP contribution is -2.45. The van der Waals surface area contributed by atoms with Crippen molar-refractivity contribution in [1.82, 2.24) is 0 Å². The molecular weight excluding hydrogens is 338 g/mol. The summed E-state index contributed by atoms with van der Waals surface area (Å²) in [5.41, 5.74) is 1.66. The molecule has 2 aliphatic rings. The average molecular weight is 351 g/mol. The smallest absolute Gasteiger partial charge is 0.231 e. The maximum Gasteiger partial charge on any atom is 0.231 e. The molecule has 1 N–H and O–H groups in total. The van der Waals surface area contributed by atoms with Crippen molar-refractivity contribution >= 4 is 33.5 Å². The second kappa shape index (κ2) is 5.27.